The van der Waals surface area contributed by atoms with Crippen LogP contribution in [0.2, 0.25) is 0 Å². The van der Waals surface area contributed by atoms with Crippen molar-refractivity contribution in [3.8, 4) is 0 Å². The first-order valence-corrected chi connectivity index (χ1v) is 6.98. The van der Waals surface area contributed by atoms with Crippen LogP contribution in [0.25, 0.3) is 0 Å². The number of rotatable bonds is 7. The van der Waals surface area contributed by atoms with Crippen LogP contribution in [0.15, 0.2) is 18.2 Å². The lowest BCUT2D eigenvalue weighted by Gasteiger charge is -2.30. The number of hydrogen-bond donors (Lipinski definition) is 2. The third-order valence-corrected chi connectivity index (χ3v) is 3.48. The number of carbonyl (C=O) groups is 1. The predicted molar refractivity (Wildman–Crippen MR) is 78.4 cm³/mol. The zero-order chi connectivity index (χ0) is 15.1. The number of carbonyl (C=O) groups excluding carboxylic acids is 1. The van der Waals surface area contributed by atoms with Gasteiger partial charge in [-0.3, -0.25) is 4.79 Å². The van der Waals surface area contributed by atoms with Gasteiger partial charge in [-0.25, -0.2) is 4.39 Å². The molecule has 0 spiro atoms. The van der Waals surface area contributed by atoms with Gasteiger partial charge in [0, 0.05) is 19.6 Å². The normalized spacial score (nSPS) is 10.7. The molecule has 0 fully saturated rings. The molecule has 0 atom stereocenters. The average molecular weight is 282 g/mol. The molecular formula is C15H23FN2O2. The van der Waals surface area contributed by atoms with Crippen LogP contribution in [0, 0.1) is 5.82 Å². The number of hydrogen-bond acceptors (Lipinski definition) is 3. The van der Waals surface area contributed by atoms with E-state index in [9.17, 15) is 9.18 Å². The molecule has 1 aromatic rings. The first-order chi connectivity index (χ1) is 9.60. The summed E-state index contributed by atoms with van der Waals surface area (Å²) in [6.07, 6.45) is 1.60. The van der Waals surface area contributed by atoms with E-state index in [4.69, 9.17) is 5.11 Å². The largest absolute Gasteiger partial charge is 0.395 e. The van der Waals surface area contributed by atoms with Gasteiger partial charge in [0.2, 0.25) is 0 Å². The van der Waals surface area contributed by atoms with E-state index in [-0.39, 0.29) is 30.8 Å². The smallest absolute Gasteiger partial charge is 0.256 e. The summed E-state index contributed by atoms with van der Waals surface area (Å²) in [6.45, 7) is 4.14. The second-order valence-corrected chi connectivity index (χ2v) is 4.60. The summed E-state index contributed by atoms with van der Waals surface area (Å²) in [4.78, 5) is 14.3. The first kappa shape index (κ1) is 16.4. The Morgan fingerprint density at radius 3 is 2.55 bits per heavy atom. The summed E-state index contributed by atoms with van der Waals surface area (Å²) < 4.78 is 13.7. The summed E-state index contributed by atoms with van der Waals surface area (Å²) in [5.74, 6) is -0.705. The van der Waals surface area contributed by atoms with Crippen LogP contribution in [0.5, 0.6) is 0 Å². The van der Waals surface area contributed by atoms with E-state index in [1.165, 1.54) is 12.1 Å². The number of nitrogens with zero attached hydrogens (tertiary/aromatic N) is 1. The minimum atomic E-state index is -0.452. The first-order valence-electron chi connectivity index (χ1n) is 6.98. The molecule has 1 amide bonds. The highest BCUT2D eigenvalue weighted by Gasteiger charge is 2.24. The fourth-order valence-electron chi connectivity index (χ4n) is 2.40. The second-order valence-electron chi connectivity index (χ2n) is 4.60. The average Bonchev–Trinajstić information content (AvgIpc) is 2.46. The molecule has 1 rings (SSSR count). The van der Waals surface area contributed by atoms with Crippen molar-refractivity contribution in [3.05, 3.63) is 29.6 Å². The van der Waals surface area contributed by atoms with Crippen molar-refractivity contribution >= 4 is 11.6 Å². The lowest BCUT2D eigenvalue weighted by molar-refractivity contribution is 0.0623. The maximum atomic E-state index is 13.7. The molecule has 0 heterocycles. The fraction of sp³-hybridized carbons (Fsp3) is 0.533. The number of aliphatic hydroxyl groups excluding tert-OH is 1. The molecule has 20 heavy (non-hydrogen) atoms. The molecule has 0 radical (unpaired) electrons. The minimum absolute atomic E-state index is 0.0441. The minimum Gasteiger partial charge on any atom is -0.395 e. The second kappa shape index (κ2) is 7.85. The molecule has 112 valence electrons. The number of benzene rings is 1. The Morgan fingerprint density at radius 1 is 1.40 bits per heavy atom. The van der Waals surface area contributed by atoms with Crippen LogP contribution >= 0.6 is 0 Å². The molecule has 0 aliphatic heterocycles. The van der Waals surface area contributed by atoms with Crippen LogP contribution in [-0.4, -0.2) is 42.2 Å². The third-order valence-electron chi connectivity index (χ3n) is 3.48. The summed E-state index contributed by atoms with van der Waals surface area (Å²) in [6, 6.07) is 4.48. The van der Waals surface area contributed by atoms with Gasteiger partial charge in [0.15, 0.2) is 0 Å². The molecule has 4 nitrogen and oxygen atoms in total. The van der Waals surface area contributed by atoms with E-state index in [0.717, 1.165) is 12.8 Å². The maximum absolute atomic E-state index is 13.7. The Morgan fingerprint density at radius 2 is 2.05 bits per heavy atom. The Bertz CT molecular complexity index is 447. The molecule has 5 heteroatoms. The molecule has 0 aromatic heterocycles. The summed E-state index contributed by atoms with van der Waals surface area (Å²) >= 11 is 0. The van der Waals surface area contributed by atoms with Gasteiger partial charge in [-0.1, -0.05) is 19.9 Å². The van der Waals surface area contributed by atoms with Gasteiger partial charge in [0.1, 0.15) is 5.82 Å². The Labute approximate surface area is 119 Å². The van der Waals surface area contributed by atoms with E-state index in [0.29, 0.717) is 5.56 Å². The van der Waals surface area contributed by atoms with Gasteiger partial charge in [-0.05, 0) is 25.0 Å². The van der Waals surface area contributed by atoms with E-state index in [1.54, 1.807) is 18.0 Å². The fourth-order valence-corrected chi connectivity index (χ4v) is 2.40. The summed E-state index contributed by atoms with van der Waals surface area (Å²) in [7, 11) is 1.59. The van der Waals surface area contributed by atoms with Crippen LogP contribution < -0.4 is 5.32 Å². The third kappa shape index (κ3) is 3.48. The van der Waals surface area contributed by atoms with Gasteiger partial charge in [-0.15, -0.1) is 0 Å². The number of halogens is 1. The maximum Gasteiger partial charge on any atom is 0.256 e. The van der Waals surface area contributed by atoms with Crippen molar-refractivity contribution in [3.63, 3.8) is 0 Å². The van der Waals surface area contributed by atoms with Crippen molar-refractivity contribution < 1.29 is 14.3 Å². The van der Waals surface area contributed by atoms with E-state index >= 15 is 0 Å². The van der Waals surface area contributed by atoms with E-state index in [1.807, 2.05) is 13.8 Å². The molecule has 0 bridgehead atoms. The number of aliphatic hydroxyl groups is 1. The Hall–Kier alpha value is -1.62. The SMILES string of the molecule is CCC(CC)N(CCO)C(=O)c1cccc(F)c1NC. The van der Waals surface area contributed by atoms with Crippen LogP contribution in [0.1, 0.15) is 37.0 Å². The summed E-state index contributed by atoms with van der Waals surface area (Å²) in [5.41, 5.74) is 0.499. The van der Waals surface area contributed by atoms with Gasteiger partial charge in [-0.2, -0.15) is 0 Å². The van der Waals surface area contributed by atoms with Gasteiger partial charge < -0.3 is 15.3 Å². The molecule has 0 aliphatic rings. The summed E-state index contributed by atoms with van der Waals surface area (Å²) in [5, 5.41) is 11.9. The standard InChI is InChI=1S/C15H23FN2O2/c1-4-11(5-2)18(9-10-19)15(20)12-7-6-8-13(16)14(12)17-3/h6-8,11,17,19H,4-5,9-10H2,1-3H3. The highest BCUT2D eigenvalue weighted by molar-refractivity contribution is 5.99. The van der Waals surface area contributed by atoms with Crippen LogP contribution in [-0.2, 0) is 0 Å². The lowest BCUT2D eigenvalue weighted by Crippen LogP contribution is -2.41. The zero-order valence-corrected chi connectivity index (χ0v) is 12.3. The van der Waals surface area contributed by atoms with Crippen molar-refractivity contribution in [1.29, 1.82) is 0 Å². The quantitative estimate of drug-likeness (QED) is 0.808. The lowest BCUT2D eigenvalue weighted by atomic mass is 10.1. The zero-order valence-electron chi connectivity index (χ0n) is 12.3. The van der Waals surface area contributed by atoms with Gasteiger partial charge in [0.05, 0.1) is 17.9 Å². The number of amides is 1. The molecule has 0 saturated carbocycles. The van der Waals surface area contributed by atoms with Crippen LogP contribution in [0.3, 0.4) is 0 Å². The van der Waals surface area contributed by atoms with Crippen molar-refractivity contribution in [2.45, 2.75) is 32.7 Å². The molecular weight excluding hydrogens is 259 g/mol. The van der Waals surface area contributed by atoms with Crippen molar-refractivity contribution in [2.75, 3.05) is 25.5 Å². The Balaban J connectivity index is 3.15. The number of nitrogens with one attached hydrogen (secondary N) is 1. The van der Waals surface area contributed by atoms with Crippen molar-refractivity contribution in [1.82, 2.24) is 4.90 Å². The van der Waals surface area contributed by atoms with E-state index in [2.05, 4.69) is 5.32 Å². The molecule has 2 N–H and O–H groups in total. The highest BCUT2D eigenvalue weighted by atomic mass is 19.1. The molecule has 0 saturated heterocycles. The topological polar surface area (TPSA) is 52.6 Å². The molecule has 0 aliphatic carbocycles. The monoisotopic (exact) mass is 282 g/mol. The molecule has 0 unspecified atom stereocenters. The molecule has 1 aromatic carbocycles. The number of anilines is 1. The Kier molecular flexibility index (Phi) is 6.45. The predicted octanol–water partition coefficient (Wildman–Crippen LogP) is 2.49. The van der Waals surface area contributed by atoms with Gasteiger partial charge in [0.25, 0.3) is 5.91 Å². The highest BCUT2D eigenvalue weighted by Crippen LogP contribution is 2.22. The van der Waals surface area contributed by atoms with Crippen molar-refractivity contribution in [2.24, 2.45) is 0 Å². The number of para-hydroxylation sites is 1. The van der Waals surface area contributed by atoms with Gasteiger partial charge >= 0.3 is 0 Å². The van der Waals surface area contributed by atoms with Crippen LogP contribution in [0.4, 0.5) is 10.1 Å². The van der Waals surface area contributed by atoms with E-state index < -0.39 is 5.82 Å².